The lowest BCUT2D eigenvalue weighted by Gasteiger charge is -2.20. The van der Waals surface area contributed by atoms with Crippen LogP contribution in [0.3, 0.4) is 0 Å². The molecule has 0 atom stereocenters. The molecule has 0 aliphatic carbocycles. The Hall–Kier alpha value is -6.64. The van der Waals surface area contributed by atoms with Crippen molar-refractivity contribution in [2.24, 2.45) is 0 Å². The van der Waals surface area contributed by atoms with Crippen molar-refractivity contribution in [2.45, 2.75) is 0 Å². The van der Waals surface area contributed by atoms with Gasteiger partial charge in [0.1, 0.15) is 0 Å². The first kappa shape index (κ1) is 29.5. The zero-order chi connectivity index (χ0) is 33.3. The van der Waals surface area contributed by atoms with Gasteiger partial charge in [0.05, 0.1) is 0 Å². The molecule has 9 aromatic rings. The average Bonchev–Trinajstić information content (AvgIpc) is 3.21. The van der Waals surface area contributed by atoms with E-state index in [1.165, 1.54) is 66.1 Å². The molecule has 0 spiro atoms. The van der Waals surface area contributed by atoms with E-state index < -0.39 is 0 Å². The van der Waals surface area contributed by atoms with Crippen LogP contribution in [0.1, 0.15) is 0 Å². The standard InChI is InChI=1S/C48H32N2/c1-3-9-33(10-4-1)39-23-25-43-45(29-39)47(37-19-15-35(16-20-37)41-13-7-27-49-31-41)44-26-24-40(34-11-5-2-6-12-34)30-46(44)48(43)38-21-17-36(18-22-38)42-14-8-28-50-32-42/h1-32H. The molecular formula is C48H32N2. The molecule has 7 aromatic carbocycles. The summed E-state index contributed by atoms with van der Waals surface area (Å²) in [5.74, 6) is 0. The maximum absolute atomic E-state index is 4.35. The minimum Gasteiger partial charge on any atom is -0.264 e. The van der Waals surface area contributed by atoms with Crippen molar-refractivity contribution >= 4 is 21.5 Å². The van der Waals surface area contributed by atoms with E-state index in [2.05, 4.69) is 168 Å². The van der Waals surface area contributed by atoms with Gasteiger partial charge in [-0.3, -0.25) is 9.97 Å². The third-order valence-corrected chi connectivity index (χ3v) is 9.67. The Balaban J connectivity index is 1.34. The summed E-state index contributed by atoms with van der Waals surface area (Å²) >= 11 is 0. The highest BCUT2D eigenvalue weighted by atomic mass is 14.6. The van der Waals surface area contributed by atoms with E-state index in [9.17, 15) is 0 Å². The van der Waals surface area contributed by atoms with E-state index in [0.29, 0.717) is 0 Å². The number of hydrogen-bond donors (Lipinski definition) is 0. The fraction of sp³-hybridized carbons (Fsp3) is 0. The molecule has 0 saturated heterocycles. The number of benzene rings is 7. The first-order chi connectivity index (χ1) is 24.8. The van der Waals surface area contributed by atoms with E-state index in [1.54, 1.807) is 0 Å². The highest BCUT2D eigenvalue weighted by Gasteiger charge is 2.19. The summed E-state index contributed by atoms with van der Waals surface area (Å²) in [7, 11) is 0. The van der Waals surface area contributed by atoms with E-state index in [0.717, 1.165) is 22.3 Å². The minimum atomic E-state index is 1.11. The SMILES string of the molecule is c1ccc(-c2ccc3c(-c4ccc(-c5cccnc5)cc4)c4cc(-c5ccccc5)ccc4c(-c4ccc(-c5cccnc5)cc4)c3c2)cc1. The Morgan fingerprint density at radius 2 is 0.580 bits per heavy atom. The highest BCUT2D eigenvalue weighted by molar-refractivity contribution is 6.22. The smallest absolute Gasteiger partial charge is 0.0346 e. The van der Waals surface area contributed by atoms with Crippen molar-refractivity contribution in [3.8, 4) is 66.8 Å². The quantitative estimate of drug-likeness (QED) is 0.170. The van der Waals surface area contributed by atoms with Crippen molar-refractivity contribution < 1.29 is 0 Å². The summed E-state index contributed by atoms with van der Waals surface area (Å²) in [6, 6.07) is 61.4. The molecule has 2 heterocycles. The molecule has 0 N–H and O–H groups in total. The van der Waals surface area contributed by atoms with E-state index in [4.69, 9.17) is 0 Å². The fourth-order valence-corrected chi connectivity index (χ4v) is 7.20. The number of rotatable bonds is 6. The number of fused-ring (bicyclic) bond motifs is 2. The summed E-state index contributed by atoms with van der Waals surface area (Å²) < 4.78 is 0. The Bertz CT molecular complexity index is 2390. The third kappa shape index (κ3) is 5.43. The molecular weight excluding hydrogens is 605 g/mol. The van der Waals surface area contributed by atoms with Crippen molar-refractivity contribution in [3.05, 3.63) is 195 Å². The molecule has 0 unspecified atom stereocenters. The van der Waals surface area contributed by atoms with Crippen molar-refractivity contribution in [1.82, 2.24) is 9.97 Å². The molecule has 50 heavy (non-hydrogen) atoms. The van der Waals surface area contributed by atoms with Gasteiger partial charge in [0, 0.05) is 24.8 Å². The lowest BCUT2D eigenvalue weighted by Crippen LogP contribution is -1.93. The van der Waals surface area contributed by atoms with Gasteiger partial charge in [0.2, 0.25) is 0 Å². The monoisotopic (exact) mass is 636 g/mol. The zero-order valence-electron chi connectivity index (χ0n) is 27.4. The van der Waals surface area contributed by atoms with Crippen molar-refractivity contribution in [2.75, 3.05) is 0 Å². The van der Waals surface area contributed by atoms with Crippen LogP contribution in [-0.2, 0) is 0 Å². The Kier molecular flexibility index (Phi) is 7.53. The Morgan fingerprint density at radius 3 is 0.960 bits per heavy atom. The van der Waals surface area contributed by atoms with Crippen LogP contribution >= 0.6 is 0 Å². The molecule has 0 aliphatic rings. The first-order valence-electron chi connectivity index (χ1n) is 17.0. The molecule has 0 amide bonds. The van der Waals surface area contributed by atoms with Gasteiger partial charge in [-0.15, -0.1) is 0 Å². The van der Waals surface area contributed by atoms with Crippen LogP contribution in [-0.4, -0.2) is 9.97 Å². The number of pyridine rings is 2. The average molecular weight is 637 g/mol. The van der Waals surface area contributed by atoms with Gasteiger partial charge in [-0.1, -0.05) is 146 Å². The second-order valence-corrected chi connectivity index (χ2v) is 12.6. The van der Waals surface area contributed by atoms with Crippen LogP contribution in [0.4, 0.5) is 0 Å². The lowest BCUT2D eigenvalue weighted by molar-refractivity contribution is 1.33. The zero-order valence-corrected chi connectivity index (χ0v) is 27.4. The summed E-state index contributed by atoms with van der Waals surface area (Å²) in [5, 5.41) is 4.91. The van der Waals surface area contributed by atoms with E-state index >= 15 is 0 Å². The van der Waals surface area contributed by atoms with Crippen LogP contribution in [0.25, 0.3) is 88.3 Å². The van der Waals surface area contributed by atoms with Crippen molar-refractivity contribution in [3.63, 3.8) is 0 Å². The molecule has 0 fully saturated rings. The van der Waals surface area contributed by atoms with Gasteiger partial charge in [0.25, 0.3) is 0 Å². The molecule has 0 bridgehead atoms. The summed E-state index contributed by atoms with van der Waals surface area (Å²) in [6.07, 6.45) is 7.48. The molecule has 2 heteroatoms. The number of aromatic nitrogens is 2. The van der Waals surface area contributed by atoms with E-state index in [1.807, 2.05) is 36.9 Å². The highest BCUT2D eigenvalue weighted by Crippen LogP contribution is 2.46. The molecule has 0 saturated carbocycles. The Labute approximate surface area is 292 Å². The second-order valence-electron chi connectivity index (χ2n) is 12.6. The molecule has 2 aromatic heterocycles. The topological polar surface area (TPSA) is 25.8 Å². The van der Waals surface area contributed by atoms with Crippen LogP contribution in [0.15, 0.2) is 195 Å². The fourth-order valence-electron chi connectivity index (χ4n) is 7.20. The van der Waals surface area contributed by atoms with Crippen LogP contribution in [0, 0.1) is 0 Å². The van der Waals surface area contributed by atoms with Gasteiger partial charge >= 0.3 is 0 Å². The van der Waals surface area contributed by atoms with Crippen LogP contribution in [0.2, 0.25) is 0 Å². The van der Waals surface area contributed by atoms with Gasteiger partial charge in [-0.2, -0.15) is 0 Å². The predicted molar refractivity (Wildman–Crippen MR) is 210 cm³/mol. The van der Waals surface area contributed by atoms with Gasteiger partial charge < -0.3 is 0 Å². The number of hydrogen-bond acceptors (Lipinski definition) is 2. The normalized spacial score (nSPS) is 11.2. The molecule has 234 valence electrons. The van der Waals surface area contributed by atoms with Crippen molar-refractivity contribution in [1.29, 1.82) is 0 Å². The predicted octanol–water partition coefficient (Wildman–Crippen LogP) is 12.8. The molecule has 0 radical (unpaired) electrons. The number of nitrogens with zero attached hydrogens (tertiary/aromatic N) is 2. The Morgan fingerprint density at radius 1 is 0.240 bits per heavy atom. The maximum Gasteiger partial charge on any atom is 0.0346 e. The van der Waals surface area contributed by atoms with Gasteiger partial charge in [-0.05, 0) is 113 Å². The first-order valence-corrected chi connectivity index (χ1v) is 17.0. The van der Waals surface area contributed by atoms with Crippen LogP contribution in [0.5, 0.6) is 0 Å². The second kappa shape index (κ2) is 12.8. The maximum atomic E-state index is 4.35. The molecule has 9 rings (SSSR count). The summed E-state index contributed by atoms with van der Waals surface area (Å²) in [6.45, 7) is 0. The molecule has 0 aliphatic heterocycles. The van der Waals surface area contributed by atoms with Crippen LogP contribution < -0.4 is 0 Å². The van der Waals surface area contributed by atoms with Gasteiger partial charge in [-0.25, -0.2) is 0 Å². The largest absolute Gasteiger partial charge is 0.264 e. The van der Waals surface area contributed by atoms with E-state index in [-0.39, 0.29) is 0 Å². The summed E-state index contributed by atoms with van der Waals surface area (Å²) in [4.78, 5) is 8.71. The van der Waals surface area contributed by atoms with Gasteiger partial charge in [0.15, 0.2) is 0 Å². The third-order valence-electron chi connectivity index (χ3n) is 9.67. The lowest BCUT2D eigenvalue weighted by atomic mass is 9.83. The minimum absolute atomic E-state index is 1.11. The summed E-state index contributed by atoms with van der Waals surface area (Å²) in [5.41, 5.74) is 14.2. The molecule has 2 nitrogen and oxygen atoms in total.